The molecule has 7 heteroatoms. The molecule has 1 unspecified atom stereocenters. The molecule has 0 fully saturated rings. The zero-order valence-electron chi connectivity index (χ0n) is 11.4. The van der Waals surface area contributed by atoms with Gasteiger partial charge in [-0.1, -0.05) is 0 Å². The molecule has 1 atom stereocenters. The molecule has 2 rings (SSSR count). The maximum absolute atomic E-state index is 14.0. The summed E-state index contributed by atoms with van der Waals surface area (Å²) in [6.45, 7) is 1.96. The Morgan fingerprint density at radius 1 is 1.48 bits per heavy atom. The third-order valence-corrected chi connectivity index (χ3v) is 3.94. The highest BCUT2D eigenvalue weighted by molar-refractivity contribution is 14.1. The molecule has 21 heavy (non-hydrogen) atoms. The summed E-state index contributed by atoms with van der Waals surface area (Å²) in [5.74, 6) is -1.07. The van der Waals surface area contributed by atoms with Gasteiger partial charge in [-0.05, 0) is 47.9 Å². The number of benzene rings is 1. The van der Waals surface area contributed by atoms with Crippen molar-refractivity contribution in [2.45, 2.75) is 12.4 Å². The van der Waals surface area contributed by atoms with Crippen molar-refractivity contribution in [1.82, 2.24) is 4.98 Å². The second-order valence-electron chi connectivity index (χ2n) is 4.07. The highest BCUT2D eigenvalue weighted by atomic mass is 127. The van der Waals surface area contributed by atoms with Gasteiger partial charge in [-0.2, -0.15) is 0 Å². The van der Waals surface area contributed by atoms with Crippen LogP contribution in [0.3, 0.4) is 0 Å². The van der Waals surface area contributed by atoms with Crippen molar-refractivity contribution in [2.24, 2.45) is 0 Å². The van der Waals surface area contributed by atoms with Crippen molar-refractivity contribution in [2.75, 3.05) is 12.9 Å². The van der Waals surface area contributed by atoms with E-state index in [4.69, 9.17) is 9.47 Å². The van der Waals surface area contributed by atoms with Gasteiger partial charge in [0.25, 0.3) is 0 Å². The Labute approximate surface area is 139 Å². The second kappa shape index (κ2) is 7.26. The molecule has 2 aromatic rings. The molecule has 4 nitrogen and oxygen atoms in total. The minimum atomic E-state index is -0.896. The van der Waals surface area contributed by atoms with Gasteiger partial charge in [-0.15, -0.1) is 11.8 Å². The Balaban J connectivity index is 2.32. The lowest BCUT2D eigenvalue weighted by molar-refractivity contribution is -0.147. The molecule has 0 amide bonds. The molecule has 0 N–H and O–H groups in total. The lowest BCUT2D eigenvalue weighted by atomic mass is 10.2. The summed E-state index contributed by atoms with van der Waals surface area (Å²) in [7, 11) is 0. The monoisotopic (exact) mass is 421 g/mol. The Morgan fingerprint density at radius 3 is 2.90 bits per heavy atom. The van der Waals surface area contributed by atoms with Crippen LogP contribution in [0.1, 0.15) is 6.92 Å². The quantitative estimate of drug-likeness (QED) is 0.420. The van der Waals surface area contributed by atoms with Gasteiger partial charge in [0.1, 0.15) is 0 Å². The zero-order valence-corrected chi connectivity index (χ0v) is 14.4. The first-order valence-electron chi connectivity index (χ1n) is 6.16. The fourth-order valence-corrected chi connectivity index (χ4v) is 2.65. The predicted molar refractivity (Wildman–Crippen MR) is 89.0 cm³/mol. The number of rotatable bonds is 5. The van der Waals surface area contributed by atoms with Gasteiger partial charge in [0, 0.05) is 21.2 Å². The van der Waals surface area contributed by atoms with Crippen LogP contribution in [0.5, 0.6) is 5.75 Å². The van der Waals surface area contributed by atoms with Crippen molar-refractivity contribution in [1.29, 1.82) is 0 Å². The van der Waals surface area contributed by atoms with Crippen LogP contribution in [0.15, 0.2) is 24.4 Å². The van der Waals surface area contributed by atoms with E-state index in [9.17, 15) is 9.18 Å². The summed E-state index contributed by atoms with van der Waals surface area (Å²) < 4.78 is 25.3. The minimum absolute atomic E-state index is 0.0127. The summed E-state index contributed by atoms with van der Waals surface area (Å²) in [6.07, 6.45) is 3.36. The lowest BCUT2D eigenvalue weighted by Crippen LogP contribution is -2.26. The summed E-state index contributed by atoms with van der Waals surface area (Å²) in [6, 6.07) is 4.71. The maximum Gasteiger partial charge on any atom is 0.358 e. The van der Waals surface area contributed by atoms with Crippen molar-refractivity contribution in [3.05, 3.63) is 33.8 Å². The van der Waals surface area contributed by atoms with E-state index in [2.05, 4.69) is 27.6 Å². The Hall–Kier alpha value is -1.09. The van der Waals surface area contributed by atoms with Gasteiger partial charge < -0.3 is 9.47 Å². The third-order valence-electron chi connectivity index (χ3n) is 2.63. The van der Waals surface area contributed by atoms with Gasteiger partial charge in [0.2, 0.25) is 5.44 Å². The number of fused-ring (bicyclic) bond motifs is 1. The topological polar surface area (TPSA) is 48.4 Å². The number of carbonyl (C=O) groups excluding carboxylic acids is 1. The number of nitrogens with zero attached hydrogens (tertiary/aromatic N) is 1. The minimum Gasteiger partial charge on any atom is -0.465 e. The summed E-state index contributed by atoms with van der Waals surface area (Å²) in [5, 5.41) is 0.752. The number of halogens is 2. The lowest BCUT2D eigenvalue weighted by Gasteiger charge is -2.16. The molecule has 1 aromatic carbocycles. The molecule has 0 saturated heterocycles. The van der Waals surface area contributed by atoms with Crippen LogP contribution in [-0.2, 0) is 9.53 Å². The van der Waals surface area contributed by atoms with E-state index < -0.39 is 17.2 Å². The SMILES string of the molecule is CCOC(=O)C(Oc1cc2cc(I)cnc2cc1F)SC. The average molecular weight is 421 g/mol. The van der Waals surface area contributed by atoms with Crippen molar-refractivity contribution in [3.8, 4) is 5.75 Å². The van der Waals surface area contributed by atoms with E-state index in [1.807, 2.05) is 6.07 Å². The first kappa shape index (κ1) is 16.3. The molecule has 112 valence electrons. The van der Waals surface area contributed by atoms with E-state index in [1.165, 1.54) is 6.07 Å². The molecule has 0 saturated carbocycles. The van der Waals surface area contributed by atoms with E-state index in [1.54, 1.807) is 25.4 Å². The summed E-state index contributed by atoms with van der Waals surface area (Å²) in [5.41, 5.74) is -0.357. The zero-order chi connectivity index (χ0) is 15.4. The number of aromatic nitrogens is 1. The molecule has 0 bridgehead atoms. The average Bonchev–Trinajstić information content (AvgIpc) is 2.45. The molecule has 1 heterocycles. The normalized spacial score (nSPS) is 12.2. The standard InChI is InChI=1S/C14H13FINO3S/c1-3-19-13(18)14(21-2)20-12-5-8-4-9(16)7-17-11(8)6-10(12)15/h4-7,14H,3H2,1-2H3. The van der Waals surface area contributed by atoms with E-state index in [0.717, 1.165) is 20.7 Å². The number of thioether (sulfide) groups is 1. The number of carbonyl (C=O) groups is 1. The summed E-state index contributed by atoms with van der Waals surface area (Å²) >= 11 is 3.28. The van der Waals surface area contributed by atoms with Crippen LogP contribution in [0.25, 0.3) is 10.9 Å². The van der Waals surface area contributed by atoms with Gasteiger partial charge >= 0.3 is 5.97 Å². The van der Waals surface area contributed by atoms with Crippen LogP contribution >= 0.6 is 34.4 Å². The number of esters is 1. The largest absolute Gasteiger partial charge is 0.465 e. The van der Waals surface area contributed by atoms with Crippen molar-refractivity contribution in [3.63, 3.8) is 0 Å². The van der Waals surface area contributed by atoms with Crippen LogP contribution in [0.4, 0.5) is 4.39 Å². The number of hydrogen-bond acceptors (Lipinski definition) is 5. The first-order chi connectivity index (χ1) is 10.0. The van der Waals surface area contributed by atoms with Gasteiger partial charge in [-0.25, -0.2) is 9.18 Å². The molecule has 1 aromatic heterocycles. The summed E-state index contributed by atoms with van der Waals surface area (Å²) in [4.78, 5) is 15.9. The molecule has 0 aliphatic rings. The van der Waals surface area contributed by atoms with E-state index in [0.29, 0.717) is 5.52 Å². The fourth-order valence-electron chi connectivity index (χ4n) is 1.71. The fraction of sp³-hybridized carbons (Fsp3) is 0.286. The first-order valence-corrected chi connectivity index (χ1v) is 8.52. The van der Waals surface area contributed by atoms with E-state index in [-0.39, 0.29) is 12.4 Å². The van der Waals surface area contributed by atoms with E-state index >= 15 is 0 Å². The van der Waals surface area contributed by atoms with Crippen molar-refractivity contribution < 1.29 is 18.7 Å². The predicted octanol–water partition coefficient (Wildman–Crippen LogP) is 3.61. The second-order valence-corrected chi connectivity index (χ2v) is 6.21. The molecule has 0 spiro atoms. The van der Waals surface area contributed by atoms with Crippen LogP contribution in [0, 0.1) is 9.39 Å². The molecule has 0 radical (unpaired) electrons. The van der Waals surface area contributed by atoms with Crippen molar-refractivity contribution >= 4 is 51.2 Å². The van der Waals surface area contributed by atoms with Gasteiger partial charge in [0.15, 0.2) is 11.6 Å². The Morgan fingerprint density at radius 2 is 2.24 bits per heavy atom. The highest BCUT2D eigenvalue weighted by Gasteiger charge is 2.22. The number of ether oxygens (including phenoxy) is 2. The molecule has 0 aliphatic carbocycles. The highest BCUT2D eigenvalue weighted by Crippen LogP contribution is 2.27. The number of hydrogen-bond donors (Lipinski definition) is 0. The molecule has 0 aliphatic heterocycles. The van der Waals surface area contributed by atoms with Crippen LogP contribution in [-0.4, -0.2) is 29.3 Å². The third kappa shape index (κ3) is 3.97. The smallest absolute Gasteiger partial charge is 0.358 e. The Bertz CT molecular complexity index is 668. The van der Waals surface area contributed by atoms with Gasteiger partial charge in [-0.3, -0.25) is 4.98 Å². The van der Waals surface area contributed by atoms with Gasteiger partial charge in [0.05, 0.1) is 12.1 Å². The maximum atomic E-state index is 14.0. The number of pyridine rings is 1. The Kier molecular flexibility index (Phi) is 5.63. The van der Waals surface area contributed by atoms with Crippen LogP contribution < -0.4 is 4.74 Å². The molecular weight excluding hydrogens is 408 g/mol. The van der Waals surface area contributed by atoms with Crippen LogP contribution in [0.2, 0.25) is 0 Å². The molecular formula is C14H13FINO3S.